The van der Waals surface area contributed by atoms with Crippen LogP contribution in [0.15, 0.2) is 66.7 Å². The predicted molar refractivity (Wildman–Crippen MR) is 104 cm³/mol. The maximum absolute atomic E-state index is 13.7. The highest BCUT2D eigenvalue weighted by Crippen LogP contribution is 2.29. The summed E-state index contributed by atoms with van der Waals surface area (Å²) in [5.74, 6) is 1.73. The molecule has 0 aromatic heterocycles. The van der Waals surface area contributed by atoms with Gasteiger partial charge in [-0.1, -0.05) is 24.3 Å². The van der Waals surface area contributed by atoms with E-state index in [0.717, 1.165) is 17.0 Å². The van der Waals surface area contributed by atoms with Crippen molar-refractivity contribution in [3.05, 3.63) is 83.7 Å². The lowest BCUT2D eigenvalue weighted by Crippen LogP contribution is -2.02. The largest absolute Gasteiger partial charge is 0.497 e. The number of ether oxygens (including phenoxy) is 3. The summed E-state index contributed by atoms with van der Waals surface area (Å²) in [7, 11) is 3.23. The molecule has 5 heteroatoms. The zero-order chi connectivity index (χ0) is 19.1. The highest BCUT2D eigenvalue weighted by atomic mass is 19.1. The van der Waals surface area contributed by atoms with Crippen molar-refractivity contribution in [2.75, 3.05) is 19.5 Å². The monoisotopic (exact) mass is 367 g/mol. The molecule has 0 atom stereocenters. The third kappa shape index (κ3) is 4.91. The van der Waals surface area contributed by atoms with Crippen LogP contribution in [-0.4, -0.2) is 14.2 Å². The average molecular weight is 367 g/mol. The van der Waals surface area contributed by atoms with Crippen molar-refractivity contribution in [2.24, 2.45) is 0 Å². The normalized spacial score (nSPS) is 10.3. The zero-order valence-corrected chi connectivity index (χ0v) is 15.4. The van der Waals surface area contributed by atoms with E-state index in [1.54, 1.807) is 32.4 Å². The molecule has 0 fully saturated rings. The number of halogens is 1. The minimum Gasteiger partial charge on any atom is -0.497 e. The number of benzene rings is 3. The van der Waals surface area contributed by atoms with Crippen LogP contribution in [0.1, 0.15) is 11.1 Å². The van der Waals surface area contributed by atoms with Crippen LogP contribution in [0.2, 0.25) is 0 Å². The predicted octanol–water partition coefficient (Wildman–Crippen LogP) is 5.03. The second-order valence-electron chi connectivity index (χ2n) is 5.95. The molecule has 0 aliphatic rings. The first kappa shape index (κ1) is 18.6. The molecule has 0 spiro atoms. The van der Waals surface area contributed by atoms with Crippen molar-refractivity contribution < 1.29 is 18.6 Å². The molecule has 1 N–H and O–H groups in total. The summed E-state index contributed by atoms with van der Waals surface area (Å²) >= 11 is 0. The fraction of sp³-hybridized carbons (Fsp3) is 0.182. The van der Waals surface area contributed by atoms with Gasteiger partial charge >= 0.3 is 0 Å². The van der Waals surface area contributed by atoms with Crippen LogP contribution in [0.5, 0.6) is 17.2 Å². The number of anilines is 1. The lowest BCUT2D eigenvalue weighted by atomic mass is 10.2. The van der Waals surface area contributed by atoms with Crippen LogP contribution >= 0.6 is 0 Å². The minimum absolute atomic E-state index is 0.145. The molecule has 0 radical (unpaired) electrons. The molecule has 0 aliphatic carbocycles. The van der Waals surface area contributed by atoms with Gasteiger partial charge in [0.05, 0.1) is 14.2 Å². The molecule has 0 amide bonds. The summed E-state index contributed by atoms with van der Waals surface area (Å²) in [6.45, 7) is 0.781. The lowest BCUT2D eigenvalue weighted by molar-refractivity contribution is 0.279. The SMILES string of the molecule is COc1ccc(NCc2ccc(OCc3ccccc3F)c(OC)c2)cc1. The second-order valence-corrected chi connectivity index (χ2v) is 5.95. The highest BCUT2D eigenvalue weighted by molar-refractivity contribution is 5.48. The van der Waals surface area contributed by atoms with E-state index in [2.05, 4.69) is 5.32 Å². The second kappa shape index (κ2) is 8.94. The molecular formula is C22H22FNO3. The molecule has 3 aromatic rings. The molecule has 0 saturated carbocycles. The Morgan fingerprint density at radius 3 is 2.33 bits per heavy atom. The molecule has 0 bridgehead atoms. The fourth-order valence-corrected chi connectivity index (χ4v) is 2.63. The topological polar surface area (TPSA) is 39.7 Å². The number of hydrogen-bond acceptors (Lipinski definition) is 4. The van der Waals surface area contributed by atoms with Gasteiger partial charge in [-0.15, -0.1) is 0 Å². The average Bonchev–Trinajstić information content (AvgIpc) is 2.72. The van der Waals surface area contributed by atoms with E-state index in [-0.39, 0.29) is 12.4 Å². The van der Waals surface area contributed by atoms with E-state index in [1.165, 1.54) is 6.07 Å². The van der Waals surface area contributed by atoms with E-state index in [0.29, 0.717) is 23.6 Å². The molecule has 140 valence electrons. The summed E-state index contributed by atoms with van der Waals surface area (Å²) < 4.78 is 30.0. The number of rotatable bonds is 8. The van der Waals surface area contributed by atoms with Gasteiger partial charge in [0.15, 0.2) is 11.5 Å². The number of hydrogen-bond donors (Lipinski definition) is 1. The first-order chi connectivity index (χ1) is 13.2. The van der Waals surface area contributed by atoms with E-state index < -0.39 is 0 Å². The number of methoxy groups -OCH3 is 2. The van der Waals surface area contributed by atoms with Gasteiger partial charge in [0.1, 0.15) is 18.2 Å². The van der Waals surface area contributed by atoms with Gasteiger partial charge in [0, 0.05) is 17.8 Å². The van der Waals surface area contributed by atoms with Gasteiger partial charge in [0.2, 0.25) is 0 Å². The zero-order valence-electron chi connectivity index (χ0n) is 15.4. The summed E-state index contributed by atoms with van der Waals surface area (Å²) in [5, 5.41) is 3.35. The molecule has 3 rings (SSSR count). The molecule has 4 nitrogen and oxygen atoms in total. The van der Waals surface area contributed by atoms with Crippen LogP contribution in [0.25, 0.3) is 0 Å². The molecule has 0 heterocycles. The van der Waals surface area contributed by atoms with Crippen molar-refractivity contribution in [1.29, 1.82) is 0 Å². The lowest BCUT2D eigenvalue weighted by Gasteiger charge is -2.13. The summed E-state index contributed by atoms with van der Waals surface area (Å²) in [5.41, 5.74) is 2.54. The molecule has 3 aromatic carbocycles. The van der Waals surface area contributed by atoms with Crippen molar-refractivity contribution in [3.8, 4) is 17.2 Å². The Balaban J connectivity index is 1.63. The first-order valence-corrected chi connectivity index (χ1v) is 8.60. The Hall–Kier alpha value is -3.21. The fourth-order valence-electron chi connectivity index (χ4n) is 2.63. The maximum atomic E-state index is 13.7. The van der Waals surface area contributed by atoms with Crippen molar-refractivity contribution in [3.63, 3.8) is 0 Å². The molecule has 0 aliphatic heterocycles. The minimum atomic E-state index is -0.281. The third-order valence-electron chi connectivity index (χ3n) is 4.16. The van der Waals surface area contributed by atoms with Gasteiger partial charge in [-0.05, 0) is 48.0 Å². The van der Waals surface area contributed by atoms with Gasteiger partial charge in [-0.2, -0.15) is 0 Å². The Bertz CT molecular complexity index is 881. The van der Waals surface area contributed by atoms with Gasteiger partial charge in [0.25, 0.3) is 0 Å². The van der Waals surface area contributed by atoms with E-state index in [4.69, 9.17) is 14.2 Å². The Labute approximate surface area is 158 Å². The van der Waals surface area contributed by atoms with E-state index in [9.17, 15) is 4.39 Å². The van der Waals surface area contributed by atoms with Crippen LogP contribution in [0.3, 0.4) is 0 Å². The van der Waals surface area contributed by atoms with Gasteiger partial charge < -0.3 is 19.5 Å². The molecule has 0 unspecified atom stereocenters. The molecule has 0 saturated heterocycles. The number of nitrogens with one attached hydrogen (secondary N) is 1. The van der Waals surface area contributed by atoms with Crippen LogP contribution < -0.4 is 19.5 Å². The van der Waals surface area contributed by atoms with Crippen LogP contribution in [-0.2, 0) is 13.2 Å². The third-order valence-corrected chi connectivity index (χ3v) is 4.16. The highest BCUT2D eigenvalue weighted by Gasteiger charge is 2.08. The first-order valence-electron chi connectivity index (χ1n) is 8.60. The van der Waals surface area contributed by atoms with Crippen LogP contribution in [0, 0.1) is 5.82 Å². The quantitative estimate of drug-likeness (QED) is 0.606. The smallest absolute Gasteiger partial charge is 0.161 e. The van der Waals surface area contributed by atoms with Gasteiger partial charge in [-0.25, -0.2) is 4.39 Å². The Morgan fingerprint density at radius 1 is 0.852 bits per heavy atom. The molecular weight excluding hydrogens is 345 g/mol. The van der Waals surface area contributed by atoms with E-state index >= 15 is 0 Å². The van der Waals surface area contributed by atoms with Crippen LogP contribution in [0.4, 0.5) is 10.1 Å². The van der Waals surface area contributed by atoms with Crippen molar-refractivity contribution in [2.45, 2.75) is 13.2 Å². The molecule has 27 heavy (non-hydrogen) atoms. The van der Waals surface area contributed by atoms with Crippen molar-refractivity contribution >= 4 is 5.69 Å². The standard InChI is InChI=1S/C22H22FNO3/c1-25-19-10-8-18(9-11-19)24-14-16-7-12-21(22(13-16)26-2)27-15-17-5-3-4-6-20(17)23/h3-13,24H,14-15H2,1-2H3. The summed E-state index contributed by atoms with van der Waals surface area (Å²) in [6, 6.07) is 20.0. The summed E-state index contributed by atoms with van der Waals surface area (Å²) in [6.07, 6.45) is 0. The maximum Gasteiger partial charge on any atom is 0.161 e. The van der Waals surface area contributed by atoms with E-state index in [1.807, 2.05) is 42.5 Å². The Morgan fingerprint density at radius 2 is 1.63 bits per heavy atom. The Kier molecular flexibility index (Phi) is 6.15. The summed E-state index contributed by atoms with van der Waals surface area (Å²) in [4.78, 5) is 0. The van der Waals surface area contributed by atoms with Crippen molar-refractivity contribution in [1.82, 2.24) is 0 Å². The van der Waals surface area contributed by atoms with Gasteiger partial charge in [-0.3, -0.25) is 0 Å².